The van der Waals surface area contributed by atoms with Crippen LogP contribution < -0.4 is 5.32 Å². The van der Waals surface area contributed by atoms with Gasteiger partial charge in [0.1, 0.15) is 5.82 Å². The average molecular weight is 228 g/mol. The molecule has 2 heterocycles. The summed E-state index contributed by atoms with van der Waals surface area (Å²) < 4.78 is 0. The van der Waals surface area contributed by atoms with E-state index in [1.807, 2.05) is 0 Å². The van der Waals surface area contributed by atoms with Crippen LogP contribution in [-0.2, 0) is 12.8 Å². The fraction of sp³-hybridized carbons (Fsp3) is 0.385. The third kappa shape index (κ3) is 1.85. The first kappa shape index (κ1) is 10.5. The highest BCUT2D eigenvalue weighted by atomic mass is 15.2. The van der Waals surface area contributed by atoms with Crippen molar-refractivity contribution in [2.75, 3.05) is 6.54 Å². The van der Waals surface area contributed by atoms with E-state index in [9.17, 15) is 0 Å². The molecule has 3 rings (SSSR count). The number of aromatic nitrogens is 3. The minimum absolute atomic E-state index is 0.136. The molecule has 4 nitrogen and oxygen atoms in total. The van der Waals surface area contributed by atoms with Gasteiger partial charge in [-0.05, 0) is 17.5 Å². The summed E-state index contributed by atoms with van der Waals surface area (Å²) in [4.78, 5) is 4.52. The highest BCUT2D eigenvalue weighted by molar-refractivity contribution is 5.35. The Balaban J connectivity index is 1.99. The summed E-state index contributed by atoms with van der Waals surface area (Å²) in [5.41, 5.74) is 2.71. The van der Waals surface area contributed by atoms with E-state index >= 15 is 0 Å². The number of aryl methyl sites for hydroxylation is 1. The maximum absolute atomic E-state index is 4.52. The highest BCUT2D eigenvalue weighted by Gasteiger charge is 2.23. The first-order chi connectivity index (χ1) is 8.38. The van der Waals surface area contributed by atoms with E-state index in [-0.39, 0.29) is 6.04 Å². The predicted molar refractivity (Wildman–Crippen MR) is 65.8 cm³/mol. The van der Waals surface area contributed by atoms with Gasteiger partial charge in [-0.15, -0.1) is 0 Å². The van der Waals surface area contributed by atoms with Crippen LogP contribution in [0.3, 0.4) is 0 Å². The molecule has 88 valence electrons. The van der Waals surface area contributed by atoms with E-state index in [1.54, 1.807) is 0 Å². The predicted octanol–water partition coefficient (Wildman–Crippen LogP) is 1.60. The number of hydrogen-bond acceptors (Lipinski definition) is 3. The zero-order valence-electron chi connectivity index (χ0n) is 9.90. The molecular weight excluding hydrogens is 212 g/mol. The molecule has 17 heavy (non-hydrogen) atoms. The van der Waals surface area contributed by atoms with Gasteiger partial charge in [0, 0.05) is 13.0 Å². The van der Waals surface area contributed by atoms with Gasteiger partial charge in [-0.25, -0.2) is 4.98 Å². The molecule has 1 aliphatic rings. The zero-order valence-corrected chi connectivity index (χ0v) is 9.90. The van der Waals surface area contributed by atoms with Crippen molar-refractivity contribution in [3.63, 3.8) is 0 Å². The minimum atomic E-state index is 0.136. The lowest BCUT2D eigenvalue weighted by atomic mass is 9.94. The van der Waals surface area contributed by atoms with Crippen LogP contribution in [0, 0.1) is 0 Å². The van der Waals surface area contributed by atoms with E-state index in [0.717, 1.165) is 31.0 Å². The Bertz CT molecular complexity index is 518. The second-order valence-corrected chi connectivity index (χ2v) is 4.33. The summed E-state index contributed by atoms with van der Waals surface area (Å²) in [6.07, 6.45) is 1.97. The van der Waals surface area contributed by atoms with E-state index < -0.39 is 0 Å². The molecule has 4 heteroatoms. The van der Waals surface area contributed by atoms with Crippen LogP contribution >= 0.6 is 0 Å². The van der Waals surface area contributed by atoms with Crippen LogP contribution in [0.2, 0.25) is 0 Å². The Labute approximate surface area is 100 Å². The van der Waals surface area contributed by atoms with Crippen LogP contribution in [0.25, 0.3) is 0 Å². The van der Waals surface area contributed by atoms with Crippen molar-refractivity contribution in [3.05, 3.63) is 47.0 Å². The molecule has 0 saturated heterocycles. The summed E-state index contributed by atoms with van der Waals surface area (Å²) in [6.45, 7) is 3.06. The van der Waals surface area contributed by atoms with E-state index in [1.165, 1.54) is 11.1 Å². The molecule has 1 aromatic carbocycles. The smallest absolute Gasteiger partial charge is 0.172 e. The van der Waals surface area contributed by atoms with Crippen LogP contribution in [0.1, 0.15) is 35.7 Å². The normalized spacial score (nSPS) is 19.0. The largest absolute Gasteiger partial charge is 0.303 e. The minimum Gasteiger partial charge on any atom is -0.303 e. The van der Waals surface area contributed by atoms with Crippen molar-refractivity contribution < 1.29 is 0 Å². The SMILES string of the molecule is CCc1nc(C2NCCc3ccccc32)n[nH]1. The fourth-order valence-corrected chi connectivity index (χ4v) is 2.33. The van der Waals surface area contributed by atoms with Gasteiger partial charge in [-0.1, -0.05) is 31.2 Å². The molecule has 0 radical (unpaired) electrons. The summed E-state index contributed by atoms with van der Waals surface area (Å²) >= 11 is 0. The molecule has 1 aliphatic heterocycles. The van der Waals surface area contributed by atoms with E-state index in [0.29, 0.717) is 0 Å². The van der Waals surface area contributed by atoms with Gasteiger partial charge >= 0.3 is 0 Å². The number of fused-ring (bicyclic) bond motifs is 1. The van der Waals surface area contributed by atoms with Gasteiger partial charge in [-0.2, -0.15) is 5.10 Å². The topological polar surface area (TPSA) is 53.6 Å². The third-order valence-electron chi connectivity index (χ3n) is 3.25. The average Bonchev–Trinajstić information content (AvgIpc) is 2.87. The number of hydrogen-bond donors (Lipinski definition) is 2. The Kier molecular flexibility index (Phi) is 2.65. The Morgan fingerprint density at radius 2 is 2.24 bits per heavy atom. The number of nitrogens with one attached hydrogen (secondary N) is 2. The molecule has 0 fully saturated rings. The van der Waals surface area contributed by atoms with Crippen molar-refractivity contribution in [3.8, 4) is 0 Å². The quantitative estimate of drug-likeness (QED) is 0.821. The first-order valence-electron chi connectivity index (χ1n) is 6.11. The summed E-state index contributed by atoms with van der Waals surface area (Å²) in [5.74, 6) is 1.80. The molecule has 0 spiro atoms. The van der Waals surface area contributed by atoms with Crippen molar-refractivity contribution in [1.82, 2.24) is 20.5 Å². The maximum Gasteiger partial charge on any atom is 0.172 e. The third-order valence-corrected chi connectivity index (χ3v) is 3.25. The summed E-state index contributed by atoms with van der Waals surface area (Å²) in [7, 11) is 0. The second-order valence-electron chi connectivity index (χ2n) is 4.33. The Morgan fingerprint density at radius 1 is 1.35 bits per heavy atom. The molecule has 2 aromatic rings. The molecule has 0 bridgehead atoms. The van der Waals surface area contributed by atoms with Gasteiger partial charge < -0.3 is 5.32 Å². The molecule has 1 unspecified atom stereocenters. The molecular formula is C13H16N4. The van der Waals surface area contributed by atoms with Crippen molar-refractivity contribution >= 4 is 0 Å². The van der Waals surface area contributed by atoms with Gasteiger partial charge in [-0.3, -0.25) is 5.10 Å². The number of benzene rings is 1. The van der Waals surface area contributed by atoms with Gasteiger partial charge in [0.2, 0.25) is 0 Å². The van der Waals surface area contributed by atoms with E-state index in [2.05, 4.69) is 51.7 Å². The Hall–Kier alpha value is -1.68. The number of aromatic amines is 1. The van der Waals surface area contributed by atoms with Crippen molar-refractivity contribution in [1.29, 1.82) is 0 Å². The number of H-pyrrole nitrogens is 1. The molecule has 1 atom stereocenters. The molecule has 2 N–H and O–H groups in total. The number of nitrogens with zero attached hydrogens (tertiary/aromatic N) is 2. The van der Waals surface area contributed by atoms with Crippen LogP contribution in [0.4, 0.5) is 0 Å². The molecule has 0 saturated carbocycles. The molecule has 0 aliphatic carbocycles. The number of rotatable bonds is 2. The van der Waals surface area contributed by atoms with Crippen molar-refractivity contribution in [2.24, 2.45) is 0 Å². The van der Waals surface area contributed by atoms with Crippen LogP contribution in [-0.4, -0.2) is 21.7 Å². The van der Waals surface area contributed by atoms with Gasteiger partial charge in [0.05, 0.1) is 6.04 Å². The summed E-state index contributed by atoms with van der Waals surface area (Å²) in [6, 6.07) is 8.66. The maximum atomic E-state index is 4.52. The summed E-state index contributed by atoms with van der Waals surface area (Å²) in [5, 5.41) is 10.8. The van der Waals surface area contributed by atoms with Crippen molar-refractivity contribution in [2.45, 2.75) is 25.8 Å². The Morgan fingerprint density at radius 3 is 3.06 bits per heavy atom. The monoisotopic (exact) mass is 228 g/mol. The lowest BCUT2D eigenvalue weighted by Gasteiger charge is -2.24. The fourth-order valence-electron chi connectivity index (χ4n) is 2.33. The standard InChI is InChI=1S/C13H16N4/c1-2-11-15-13(17-16-11)12-10-6-4-3-5-9(10)7-8-14-12/h3-6,12,14H,2,7-8H2,1H3,(H,15,16,17). The second kappa shape index (κ2) is 4.30. The lowest BCUT2D eigenvalue weighted by Crippen LogP contribution is -2.31. The van der Waals surface area contributed by atoms with Crippen LogP contribution in [0.15, 0.2) is 24.3 Å². The first-order valence-corrected chi connectivity index (χ1v) is 6.11. The zero-order chi connectivity index (χ0) is 11.7. The highest BCUT2D eigenvalue weighted by Crippen LogP contribution is 2.26. The lowest BCUT2D eigenvalue weighted by molar-refractivity contribution is 0.545. The molecule has 0 amide bonds. The molecule has 1 aromatic heterocycles. The van der Waals surface area contributed by atoms with Gasteiger partial charge in [0.25, 0.3) is 0 Å². The van der Waals surface area contributed by atoms with E-state index in [4.69, 9.17) is 0 Å². The van der Waals surface area contributed by atoms with Gasteiger partial charge in [0.15, 0.2) is 5.82 Å². The van der Waals surface area contributed by atoms with Crippen LogP contribution in [0.5, 0.6) is 0 Å².